The maximum Gasteiger partial charge on any atom is 0.326 e. The lowest BCUT2D eigenvalue weighted by molar-refractivity contribution is -0.139. The Kier molecular flexibility index (Phi) is 7.19. The van der Waals surface area contributed by atoms with Gasteiger partial charge in [-0.05, 0) is 43.1 Å². The van der Waals surface area contributed by atoms with Crippen molar-refractivity contribution in [3.05, 3.63) is 0 Å². The largest absolute Gasteiger partial charge is 0.480 e. The Morgan fingerprint density at radius 1 is 1.40 bits per heavy atom. The first-order valence-corrected chi connectivity index (χ1v) is 8.67. The lowest BCUT2D eigenvalue weighted by Gasteiger charge is -2.22. The van der Waals surface area contributed by atoms with Gasteiger partial charge < -0.3 is 15.7 Å². The van der Waals surface area contributed by atoms with Crippen LogP contribution < -0.4 is 10.6 Å². The number of rotatable bonds is 7. The summed E-state index contributed by atoms with van der Waals surface area (Å²) in [4.78, 5) is 23.0. The van der Waals surface area contributed by atoms with Gasteiger partial charge in [0.2, 0.25) is 0 Å². The van der Waals surface area contributed by atoms with Crippen molar-refractivity contribution in [1.29, 1.82) is 0 Å². The molecule has 4 atom stereocenters. The monoisotopic (exact) mass is 302 g/mol. The molecule has 1 aliphatic rings. The van der Waals surface area contributed by atoms with E-state index >= 15 is 0 Å². The maximum atomic E-state index is 11.9. The molecule has 4 unspecified atom stereocenters. The van der Waals surface area contributed by atoms with E-state index in [1.807, 2.05) is 6.26 Å². The van der Waals surface area contributed by atoms with Gasteiger partial charge in [-0.3, -0.25) is 0 Å². The maximum absolute atomic E-state index is 11.9. The third kappa shape index (κ3) is 4.89. The van der Waals surface area contributed by atoms with Crippen LogP contribution in [0.1, 0.15) is 39.5 Å². The highest BCUT2D eigenvalue weighted by atomic mass is 32.2. The number of hydrogen-bond acceptors (Lipinski definition) is 3. The van der Waals surface area contributed by atoms with Gasteiger partial charge in [-0.2, -0.15) is 11.8 Å². The van der Waals surface area contributed by atoms with Gasteiger partial charge in [-0.1, -0.05) is 20.3 Å². The summed E-state index contributed by atoms with van der Waals surface area (Å²) in [6.45, 7) is 4.33. The summed E-state index contributed by atoms with van der Waals surface area (Å²) in [7, 11) is 0. The molecule has 1 fully saturated rings. The molecular formula is C14H26N2O3S. The Hall–Kier alpha value is -0.910. The van der Waals surface area contributed by atoms with Crippen LogP contribution in [0.5, 0.6) is 0 Å². The average molecular weight is 302 g/mol. The minimum Gasteiger partial charge on any atom is -0.480 e. The molecule has 1 rings (SSSR count). The standard InChI is InChI=1S/C14H26N2O3S/c1-4-10-5-6-11(9(10)2)15-14(19)16-12(13(17)18)7-8-20-3/h9-12H,4-8H2,1-3H3,(H,17,18)(H2,15,16,19). The molecule has 6 heteroatoms. The third-order valence-corrected chi connectivity index (χ3v) is 4.93. The van der Waals surface area contributed by atoms with E-state index in [9.17, 15) is 9.59 Å². The van der Waals surface area contributed by atoms with Crippen LogP contribution in [-0.2, 0) is 4.79 Å². The quantitative estimate of drug-likeness (QED) is 0.674. The summed E-state index contributed by atoms with van der Waals surface area (Å²) in [5.41, 5.74) is 0. The van der Waals surface area contributed by atoms with Crippen LogP contribution in [-0.4, -0.2) is 41.2 Å². The fraction of sp³-hybridized carbons (Fsp3) is 0.857. The molecule has 0 spiro atoms. The van der Waals surface area contributed by atoms with E-state index in [4.69, 9.17) is 5.11 Å². The van der Waals surface area contributed by atoms with Crippen LogP contribution in [0, 0.1) is 11.8 Å². The molecule has 0 aromatic carbocycles. The smallest absolute Gasteiger partial charge is 0.326 e. The summed E-state index contributed by atoms with van der Waals surface area (Å²) in [6.07, 6.45) is 5.62. The van der Waals surface area contributed by atoms with Crippen LogP contribution in [0.2, 0.25) is 0 Å². The predicted molar refractivity (Wildman–Crippen MR) is 82.1 cm³/mol. The van der Waals surface area contributed by atoms with Crippen LogP contribution in [0.3, 0.4) is 0 Å². The van der Waals surface area contributed by atoms with Crippen molar-refractivity contribution in [3.8, 4) is 0 Å². The molecule has 5 nitrogen and oxygen atoms in total. The molecule has 3 N–H and O–H groups in total. The van der Waals surface area contributed by atoms with Crippen molar-refractivity contribution in [2.45, 2.75) is 51.6 Å². The zero-order valence-corrected chi connectivity index (χ0v) is 13.3. The van der Waals surface area contributed by atoms with Crippen molar-refractivity contribution in [2.75, 3.05) is 12.0 Å². The highest BCUT2D eigenvalue weighted by molar-refractivity contribution is 7.98. The number of thioether (sulfide) groups is 1. The van der Waals surface area contributed by atoms with Gasteiger partial charge in [0.05, 0.1) is 0 Å². The lowest BCUT2D eigenvalue weighted by Crippen LogP contribution is -2.50. The van der Waals surface area contributed by atoms with Gasteiger partial charge in [0.25, 0.3) is 0 Å². The SMILES string of the molecule is CCC1CCC(NC(=O)NC(CCSC)C(=O)O)C1C. The minimum atomic E-state index is -0.972. The van der Waals surface area contributed by atoms with Gasteiger partial charge in [0.15, 0.2) is 0 Å². The second kappa shape index (κ2) is 8.39. The second-order valence-corrected chi connectivity index (χ2v) is 6.49. The predicted octanol–water partition coefficient (Wildman–Crippen LogP) is 2.32. The normalized spacial score (nSPS) is 27.1. The summed E-state index contributed by atoms with van der Waals surface area (Å²) in [6, 6.07) is -0.997. The van der Waals surface area contributed by atoms with E-state index in [-0.39, 0.29) is 12.1 Å². The Morgan fingerprint density at radius 3 is 2.60 bits per heavy atom. The summed E-state index contributed by atoms with van der Waals surface area (Å²) < 4.78 is 0. The van der Waals surface area contributed by atoms with Crippen molar-refractivity contribution < 1.29 is 14.7 Å². The van der Waals surface area contributed by atoms with Crippen LogP contribution in [0.4, 0.5) is 4.79 Å². The van der Waals surface area contributed by atoms with Crippen molar-refractivity contribution in [2.24, 2.45) is 11.8 Å². The Balaban J connectivity index is 2.44. The van der Waals surface area contributed by atoms with Crippen molar-refractivity contribution >= 4 is 23.8 Å². The van der Waals surface area contributed by atoms with Gasteiger partial charge in [-0.25, -0.2) is 9.59 Å². The fourth-order valence-electron chi connectivity index (χ4n) is 2.89. The first-order chi connectivity index (χ1) is 9.49. The Labute approximate surface area is 125 Å². The number of urea groups is 1. The minimum absolute atomic E-state index is 0.162. The van der Waals surface area contributed by atoms with Crippen LogP contribution in [0.15, 0.2) is 0 Å². The topological polar surface area (TPSA) is 78.4 Å². The molecule has 1 aliphatic carbocycles. The van der Waals surface area contributed by atoms with E-state index in [0.29, 0.717) is 18.3 Å². The first-order valence-electron chi connectivity index (χ1n) is 7.28. The number of carboxylic acid groups (broad SMARTS) is 1. The molecule has 0 aromatic rings. The number of carbonyl (C=O) groups excluding carboxylic acids is 1. The highest BCUT2D eigenvalue weighted by Gasteiger charge is 2.33. The molecule has 2 amide bonds. The number of carbonyl (C=O) groups is 2. The first kappa shape index (κ1) is 17.1. The van der Waals surface area contributed by atoms with Crippen molar-refractivity contribution in [1.82, 2.24) is 10.6 Å². The third-order valence-electron chi connectivity index (χ3n) is 4.28. The van der Waals surface area contributed by atoms with E-state index < -0.39 is 12.0 Å². The molecule has 0 radical (unpaired) electrons. The molecule has 0 heterocycles. The van der Waals surface area contributed by atoms with Gasteiger partial charge in [0.1, 0.15) is 6.04 Å². The highest BCUT2D eigenvalue weighted by Crippen LogP contribution is 2.33. The van der Waals surface area contributed by atoms with Crippen LogP contribution >= 0.6 is 11.8 Å². The lowest BCUT2D eigenvalue weighted by atomic mass is 9.93. The van der Waals surface area contributed by atoms with E-state index in [1.54, 1.807) is 11.8 Å². The zero-order valence-electron chi connectivity index (χ0n) is 12.5. The van der Waals surface area contributed by atoms with Gasteiger partial charge in [-0.15, -0.1) is 0 Å². The molecule has 1 saturated carbocycles. The number of aliphatic carboxylic acids is 1. The number of nitrogens with one attached hydrogen (secondary N) is 2. The number of carboxylic acids is 1. The van der Waals surface area contributed by atoms with E-state index in [0.717, 1.165) is 25.0 Å². The molecule has 0 aromatic heterocycles. The molecular weight excluding hydrogens is 276 g/mol. The van der Waals surface area contributed by atoms with Gasteiger partial charge in [0, 0.05) is 6.04 Å². The van der Waals surface area contributed by atoms with Gasteiger partial charge >= 0.3 is 12.0 Å². The average Bonchev–Trinajstić information content (AvgIpc) is 2.75. The summed E-state index contributed by atoms with van der Waals surface area (Å²) in [5.74, 6) is 0.863. The summed E-state index contributed by atoms with van der Waals surface area (Å²) >= 11 is 1.58. The number of amides is 2. The second-order valence-electron chi connectivity index (χ2n) is 5.50. The molecule has 0 bridgehead atoms. The zero-order chi connectivity index (χ0) is 15.1. The Bertz CT molecular complexity index is 338. The fourth-order valence-corrected chi connectivity index (χ4v) is 3.36. The summed E-state index contributed by atoms with van der Waals surface area (Å²) in [5, 5.41) is 14.6. The van der Waals surface area contributed by atoms with E-state index in [2.05, 4.69) is 24.5 Å². The molecule has 0 aliphatic heterocycles. The molecule has 0 saturated heterocycles. The van der Waals surface area contributed by atoms with E-state index in [1.165, 1.54) is 0 Å². The van der Waals surface area contributed by atoms with Crippen LogP contribution in [0.25, 0.3) is 0 Å². The van der Waals surface area contributed by atoms with Crippen molar-refractivity contribution in [3.63, 3.8) is 0 Å². The molecule has 116 valence electrons. The Morgan fingerprint density at radius 2 is 2.10 bits per heavy atom. The number of hydrogen-bond donors (Lipinski definition) is 3. The molecule has 20 heavy (non-hydrogen) atoms.